The van der Waals surface area contributed by atoms with E-state index in [2.05, 4.69) is 63.3 Å². The van der Waals surface area contributed by atoms with Crippen LogP contribution >= 0.6 is 22.6 Å². The van der Waals surface area contributed by atoms with Crippen molar-refractivity contribution in [1.82, 2.24) is 0 Å². The molecule has 8 atom stereocenters. The van der Waals surface area contributed by atoms with Crippen molar-refractivity contribution < 1.29 is 0 Å². The highest BCUT2D eigenvalue weighted by atomic mass is 127. The van der Waals surface area contributed by atoms with Gasteiger partial charge in [-0.05, 0) is 92.3 Å². The van der Waals surface area contributed by atoms with Gasteiger partial charge in [-0.2, -0.15) is 0 Å². The highest BCUT2D eigenvalue weighted by molar-refractivity contribution is 14.1. The zero-order chi connectivity index (χ0) is 20.1. The quantitative estimate of drug-likeness (QED) is 0.203. The second kappa shape index (κ2) is 8.19. The van der Waals surface area contributed by atoms with E-state index in [9.17, 15) is 0 Å². The molecule has 160 valence electrons. The molecule has 0 aromatic heterocycles. The molecule has 0 nitrogen and oxygen atoms in total. The number of hydrogen-bond donors (Lipinski definition) is 0. The molecule has 28 heavy (non-hydrogen) atoms. The average molecular weight is 497 g/mol. The van der Waals surface area contributed by atoms with Gasteiger partial charge < -0.3 is 0 Å². The van der Waals surface area contributed by atoms with Crippen molar-refractivity contribution >= 4 is 22.6 Å². The van der Waals surface area contributed by atoms with Crippen molar-refractivity contribution in [1.29, 1.82) is 0 Å². The molecule has 0 aromatic carbocycles. The monoisotopic (exact) mass is 496 g/mol. The predicted molar refractivity (Wildman–Crippen MR) is 131 cm³/mol. The molecule has 0 radical (unpaired) electrons. The summed E-state index contributed by atoms with van der Waals surface area (Å²) in [5.74, 6) is 5.76. The SMILES string of the molecule is CC(C)CCC[C@@H](C)[C@H]1CC[C@H]2[C@@H]3CC=C4CCCC(I)[C@]4(C)[C@H]3CC[C@]12C. The van der Waals surface area contributed by atoms with Gasteiger partial charge in [-0.15, -0.1) is 0 Å². The van der Waals surface area contributed by atoms with Crippen LogP contribution in [0.4, 0.5) is 0 Å². The Morgan fingerprint density at radius 1 is 1.04 bits per heavy atom. The van der Waals surface area contributed by atoms with Gasteiger partial charge in [-0.25, -0.2) is 0 Å². The molecule has 0 aliphatic heterocycles. The Kier molecular flexibility index (Phi) is 6.35. The maximum Gasteiger partial charge on any atom is 0.0203 e. The first-order valence-electron chi connectivity index (χ1n) is 12.6. The van der Waals surface area contributed by atoms with Gasteiger partial charge in [-0.3, -0.25) is 0 Å². The number of halogens is 1. The first-order chi connectivity index (χ1) is 13.3. The Morgan fingerprint density at radius 3 is 2.57 bits per heavy atom. The van der Waals surface area contributed by atoms with Gasteiger partial charge in [0.25, 0.3) is 0 Å². The second-order valence-electron chi connectivity index (χ2n) is 12.0. The van der Waals surface area contributed by atoms with Gasteiger partial charge in [0.05, 0.1) is 0 Å². The molecule has 3 saturated carbocycles. The Morgan fingerprint density at radius 2 is 1.82 bits per heavy atom. The van der Waals surface area contributed by atoms with Crippen molar-refractivity contribution in [3.05, 3.63) is 11.6 Å². The van der Waals surface area contributed by atoms with Crippen LogP contribution in [-0.2, 0) is 0 Å². The Bertz CT molecular complexity index is 591. The molecule has 0 spiro atoms. The minimum absolute atomic E-state index is 0.518. The van der Waals surface area contributed by atoms with Crippen LogP contribution in [0.1, 0.15) is 105 Å². The lowest BCUT2D eigenvalue weighted by Gasteiger charge is -2.59. The Labute approximate surface area is 189 Å². The van der Waals surface area contributed by atoms with Gasteiger partial charge >= 0.3 is 0 Å². The van der Waals surface area contributed by atoms with E-state index in [1.165, 1.54) is 70.6 Å². The van der Waals surface area contributed by atoms with E-state index < -0.39 is 0 Å². The van der Waals surface area contributed by atoms with Gasteiger partial charge in [0.15, 0.2) is 0 Å². The van der Waals surface area contributed by atoms with Gasteiger partial charge in [-0.1, -0.05) is 88.1 Å². The number of allylic oxidation sites excluding steroid dienone is 2. The molecule has 4 aliphatic carbocycles. The molecule has 1 unspecified atom stereocenters. The van der Waals surface area contributed by atoms with Crippen molar-refractivity contribution in [2.45, 2.75) is 109 Å². The molecule has 0 saturated heterocycles. The molecule has 0 heterocycles. The number of alkyl halides is 1. The lowest BCUT2D eigenvalue weighted by atomic mass is 9.47. The predicted octanol–water partition coefficient (Wildman–Crippen LogP) is 8.83. The molecular weight excluding hydrogens is 451 g/mol. The molecule has 3 fully saturated rings. The summed E-state index contributed by atoms with van der Waals surface area (Å²) in [6, 6.07) is 0. The van der Waals surface area contributed by atoms with Gasteiger partial charge in [0.2, 0.25) is 0 Å². The Hall–Kier alpha value is 0.470. The van der Waals surface area contributed by atoms with E-state index in [-0.39, 0.29) is 0 Å². The summed E-state index contributed by atoms with van der Waals surface area (Å²) in [4.78, 5) is 0. The first kappa shape index (κ1) is 21.7. The summed E-state index contributed by atoms with van der Waals surface area (Å²) in [5, 5.41) is 0. The molecule has 0 bridgehead atoms. The van der Waals surface area contributed by atoms with E-state index >= 15 is 0 Å². The van der Waals surface area contributed by atoms with Crippen LogP contribution in [0.15, 0.2) is 11.6 Å². The highest BCUT2D eigenvalue weighted by Crippen LogP contribution is 2.68. The van der Waals surface area contributed by atoms with E-state index in [1.54, 1.807) is 0 Å². The molecule has 0 aromatic rings. The maximum atomic E-state index is 2.83. The van der Waals surface area contributed by atoms with Crippen molar-refractivity contribution in [3.63, 3.8) is 0 Å². The molecule has 0 N–H and O–H groups in total. The maximum absolute atomic E-state index is 2.83. The minimum Gasteiger partial charge on any atom is -0.0844 e. The fourth-order valence-corrected chi connectivity index (χ4v) is 10.0. The molecule has 4 aliphatic rings. The standard InChI is InChI=1S/C27H45I/c1-18(2)8-6-9-19(3)22-14-15-23-21-13-12-20-10-7-11-25(28)27(20,5)24(21)16-17-26(22,23)4/h12,18-19,21-25H,6-11,13-17H2,1-5H3/t19-,21+,22-,23+,24+,25?,26-,27+/m1/s1. The number of hydrogen-bond acceptors (Lipinski definition) is 0. The third-order valence-electron chi connectivity index (χ3n) is 10.3. The van der Waals surface area contributed by atoms with E-state index in [0.29, 0.717) is 10.8 Å². The van der Waals surface area contributed by atoms with Crippen LogP contribution in [0, 0.1) is 46.3 Å². The summed E-state index contributed by atoms with van der Waals surface area (Å²) in [6.07, 6.45) is 18.9. The van der Waals surface area contributed by atoms with Crippen molar-refractivity contribution in [2.24, 2.45) is 46.3 Å². The lowest BCUT2D eigenvalue weighted by molar-refractivity contribution is -0.0469. The third-order valence-corrected chi connectivity index (χ3v) is 12.2. The number of fused-ring (bicyclic) bond motifs is 5. The first-order valence-corrected chi connectivity index (χ1v) is 13.9. The second-order valence-corrected chi connectivity index (χ2v) is 13.5. The van der Waals surface area contributed by atoms with Gasteiger partial charge in [0, 0.05) is 9.34 Å². The van der Waals surface area contributed by atoms with Crippen molar-refractivity contribution in [2.75, 3.05) is 0 Å². The molecular formula is C27H45I. The average Bonchev–Trinajstić information content (AvgIpc) is 3.00. The largest absolute Gasteiger partial charge is 0.0844 e. The Balaban J connectivity index is 1.51. The summed E-state index contributed by atoms with van der Waals surface area (Å²) in [5.41, 5.74) is 3.01. The summed E-state index contributed by atoms with van der Waals surface area (Å²) in [7, 11) is 0. The smallest absolute Gasteiger partial charge is 0.0203 e. The molecule has 0 amide bonds. The fourth-order valence-electron chi connectivity index (χ4n) is 8.70. The topological polar surface area (TPSA) is 0 Å². The summed E-state index contributed by atoms with van der Waals surface area (Å²) < 4.78 is 0.870. The normalized spacial score (nSPS) is 46.5. The summed E-state index contributed by atoms with van der Waals surface area (Å²) in [6.45, 7) is 12.8. The van der Waals surface area contributed by atoms with Crippen LogP contribution in [0.3, 0.4) is 0 Å². The molecule has 4 rings (SSSR count). The van der Waals surface area contributed by atoms with E-state index in [1.807, 2.05) is 5.57 Å². The van der Waals surface area contributed by atoms with Crippen molar-refractivity contribution in [3.8, 4) is 0 Å². The fraction of sp³-hybridized carbons (Fsp3) is 0.926. The van der Waals surface area contributed by atoms with E-state index in [0.717, 1.165) is 39.4 Å². The van der Waals surface area contributed by atoms with Crippen LogP contribution in [0.25, 0.3) is 0 Å². The number of rotatable bonds is 5. The third kappa shape index (κ3) is 3.46. The van der Waals surface area contributed by atoms with Crippen LogP contribution in [-0.4, -0.2) is 3.92 Å². The summed E-state index contributed by atoms with van der Waals surface area (Å²) >= 11 is 2.83. The lowest BCUT2D eigenvalue weighted by Crippen LogP contribution is -2.53. The van der Waals surface area contributed by atoms with Crippen LogP contribution in [0.5, 0.6) is 0 Å². The minimum atomic E-state index is 0.518. The van der Waals surface area contributed by atoms with Crippen LogP contribution < -0.4 is 0 Å². The zero-order valence-corrected chi connectivity index (χ0v) is 21.4. The van der Waals surface area contributed by atoms with E-state index in [4.69, 9.17) is 0 Å². The highest BCUT2D eigenvalue weighted by Gasteiger charge is 2.60. The zero-order valence-electron chi connectivity index (χ0n) is 19.3. The van der Waals surface area contributed by atoms with Crippen LogP contribution in [0.2, 0.25) is 0 Å². The van der Waals surface area contributed by atoms with Gasteiger partial charge in [0.1, 0.15) is 0 Å². The molecule has 1 heteroatoms.